The van der Waals surface area contributed by atoms with Crippen molar-refractivity contribution in [2.45, 2.75) is 83.5 Å². The number of amides is 2. The van der Waals surface area contributed by atoms with Crippen molar-refractivity contribution >= 4 is 26.1 Å². The lowest BCUT2D eigenvalue weighted by atomic mass is 10.0. The molecule has 204 valence electrons. The van der Waals surface area contributed by atoms with Crippen LogP contribution < -0.4 is 15.1 Å². The number of fused-ring (bicyclic) bond motifs is 1. The van der Waals surface area contributed by atoms with E-state index >= 15 is 0 Å². The van der Waals surface area contributed by atoms with Gasteiger partial charge in [-0.1, -0.05) is 53.7 Å². The third kappa shape index (κ3) is 6.26. The van der Waals surface area contributed by atoms with Gasteiger partial charge in [-0.3, -0.25) is 9.48 Å². The first-order chi connectivity index (χ1) is 17.1. The number of hydrogen-bond acceptors (Lipinski definition) is 5. The number of nitrogens with zero attached hydrogens (tertiary/aromatic N) is 3. The van der Waals surface area contributed by atoms with Crippen LogP contribution in [0.4, 0.5) is 23.8 Å². The Bertz CT molecular complexity index is 1100. The highest BCUT2D eigenvalue weighted by Crippen LogP contribution is 2.44. The standard InChI is InChI=1S/C24H33F3N4O5Si/c1-14(2)37(15(3)4,16(5)6)36-31-21-18(11-20(22(31)32)28-23(33)34)13-30(29-21)12-17-7-9-19(10-8-17)35-24(25,26)27/h7-10,13-16,20,28H,11-12H2,1-6H3,(H,33,34)/t20-/m0/s1. The van der Waals surface area contributed by atoms with E-state index in [1.807, 2.05) is 0 Å². The van der Waals surface area contributed by atoms with E-state index in [0.717, 1.165) is 0 Å². The van der Waals surface area contributed by atoms with Crippen molar-refractivity contribution in [1.82, 2.24) is 15.1 Å². The van der Waals surface area contributed by atoms with Gasteiger partial charge in [0.1, 0.15) is 11.8 Å². The maximum Gasteiger partial charge on any atom is 0.573 e. The van der Waals surface area contributed by atoms with Crippen molar-refractivity contribution in [3.8, 4) is 5.75 Å². The van der Waals surface area contributed by atoms with E-state index in [1.54, 1.807) is 10.9 Å². The van der Waals surface area contributed by atoms with Gasteiger partial charge in [0.25, 0.3) is 5.91 Å². The minimum atomic E-state index is -4.78. The van der Waals surface area contributed by atoms with Gasteiger partial charge in [0.05, 0.1) is 6.54 Å². The number of benzene rings is 1. The number of hydrogen-bond donors (Lipinski definition) is 2. The summed E-state index contributed by atoms with van der Waals surface area (Å²) in [5.41, 5.74) is 1.72. The van der Waals surface area contributed by atoms with E-state index in [4.69, 9.17) is 4.53 Å². The first-order valence-corrected chi connectivity index (χ1v) is 14.2. The van der Waals surface area contributed by atoms with E-state index < -0.39 is 32.7 Å². The number of hydroxylamine groups is 1. The molecule has 9 nitrogen and oxygen atoms in total. The Morgan fingerprint density at radius 3 is 2.19 bits per heavy atom. The molecular formula is C24H33F3N4O5Si. The highest BCUT2D eigenvalue weighted by atomic mass is 28.4. The summed E-state index contributed by atoms with van der Waals surface area (Å²) in [6.07, 6.45) is -4.31. The van der Waals surface area contributed by atoms with Gasteiger partial charge in [-0.15, -0.1) is 13.2 Å². The maximum absolute atomic E-state index is 13.4. The minimum Gasteiger partial charge on any atom is -0.465 e. The van der Waals surface area contributed by atoms with E-state index in [0.29, 0.717) is 16.9 Å². The molecule has 0 fully saturated rings. The van der Waals surface area contributed by atoms with Crippen LogP contribution in [0.1, 0.15) is 52.7 Å². The van der Waals surface area contributed by atoms with Crippen LogP contribution in [0.25, 0.3) is 0 Å². The number of anilines is 1. The molecule has 0 saturated carbocycles. The second-order valence-electron chi connectivity index (χ2n) is 10.1. The number of ether oxygens (including phenoxy) is 1. The number of halogens is 3. The molecule has 0 bridgehead atoms. The molecule has 37 heavy (non-hydrogen) atoms. The lowest BCUT2D eigenvalue weighted by Gasteiger charge is -2.45. The number of rotatable bonds is 9. The molecule has 3 rings (SSSR count). The molecule has 2 aromatic rings. The molecule has 0 saturated heterocycles. The van der Waals surface area contributed by atoms with Gasteiger partial charge in [0.15, 0.2) is 5.82 Å². The van der Waals surface area contributed by atoms with E-state index in [1.165, 1.54) is 29.3 Å². The monoisotopic (exact) mass is 542 g/mol. The second kappa shape index (κ2) is 10.7. The van der Waals surface area contributed by atoms with Crippen molar-refractivity contribution in [3.63, 3.8) is 0 Å². The quantitative estimate of drug-likeness (QED) is 0.408. The molecular weight excluding hydrogens is 509 g/mol. The number of carboxylic acid groups (broad SMARTS) is 1. The maximum atomic E-state index is 13.4. The molecule has 2 amide bonds. The lowest BCUT2D eigenvalue weighted by Crippen LogP contribution is -2.59. The first kappa shape index (κ1) is 28.5. The van der Waals surface area contributed by atoms with Crippen LogP contribution in [-0.2, 0) is 22.3 Å². The van der Waals surface area contributed by atoms with Gasteiger partial charge in [-0.25, -0.2) is 4.79 Å². The Morgan fingerprint density at radius 2 is 1.70 bits per heavy atom. The zero-order valence-electron chi connectivity index (χ0n) is 21.7. The number of nitrogens with one attached hydrogen (secondary N) is 1. The van der Waals surface area contributed by atoms with E-state index in [2.05, 4.69) is 56.7 Å². The summed E-state index contributed by atoms with van der Waals surface area (Å²) >= 11 is 0. The fourth-order valence-electron chi connectivity index (χ4n) is 5.21. The van der Waals surface area contributed by atoms with Crippen molar-refractivity contribution in [1.29, 1.82) is 0 Å². The normalized spacial score (nSPS) is 16.5. The summed E-state index contributed by atoms with van der Waals surface area (Å²) in [6, 6.07) is 4.37. The molecule has 0 aliphatic carbocycles. The second-order valence-corrected chi connectivity index (χ2v) is 15.5. The molecule has 0 radical (unpaired) electrons. The molecule has 2 N–H and O–H groups in total. The van der Waals surface area contributed by atoms with Crippen LogP contribution in [-0.4, -0.2) is 47.6 Å². The number of carbonyl (C=O) groups is 2. The third-order valence-corrected chi connectivity index (χ3v) is 12.6. The molecule has 1 atom stereocenters. The Labute approximate surface area is 214 Å². The highest BCUT2D eigenvalue weighted by Gasteiger charge is 2.50. The summed E-state index contributed by atoms with van der Waals surface area (Å²) in [5, 5.41) is 17.3. The van der Waals surface area contributed by atoms with Gasteiger partial charge in [-0.05, 0) is 34.3 Å². The lowest BCUT2D eigenvalue weighted by molar-refractivity contribution is -0.274. The van der Waals surface area contributed by atoms with Gasteiger partial charge in [-0.2, -0.15) is 10.2 Å². The predicted octanol–water partition coefficient (Wildman–Crippen LogP) is 5.46. The van der Waals surface area contributed by atoms with Crippen molar-refractivity contribution in [2.24, 2.45) is 0 Å². The van der Waals surface area contributed by atoms with Crippen LogP contribution in [0.5, 0.6) is 5.75 Å². The SMILES string of the molecule is CC(C)[Si](ON1C(=O)[C@@H](NC(=O)O)Cc2cn(Cc3ccc(OC(F)(F)F)cc3)nc21)(C(C)C)C(C)C. The van der Waals surface area contributed by atoms with Gasteiger partial charge >= 0.3 is 12.5 Å². The molecule has 0 unspecified atom stereocenters. The largest absolute Gasteiger partial charge is 0.573 e. The smallest absolute Gasteiger partial charge is 0.465 e. The van der Waals surface area contributed by atoms with Crippen LogP contribution in [0.15, 0.2) is 30.5 Å². The predicted molar refractivity (Wildman–Crippen MR) is 133 cm³/mol. The third-order valence-electron chi connectivity index (χ3n) is 6.69. The van der Waals surface area contributed by atoms with Crippen LogP contribution in [0.2, 0.25) is 16.6 Å². The Morgan fingerprint density at radius 1 is 1.14 bits per heavy atom. The van der Waals surface area contributed by atoms with E-state index in [-0.39, 0.29) is 35.3 Å². The summed E-state index contributed by atoms with van der Waals surface area (Å²) in [5.74, 6) is -0.571. The van der Waals surface area contributed by atoms with Gasteiger partial charge < -0.3 is 19.7 Å². The fourth-order valence-corrected chi connectivity index (χ4v) is 10.3. The molecule has 1 aliphatic heterocycles. The topological polar surface area (TPSA) is 106 Å². The number of aromatic nitrogens is 2. The summed E-state index contributed by atoms with van der Waals surface area (Å²) in [7, 11) is -2.61. The molecule has 1 aromatic carbocycles. The zero-order valence-corrected chi connectivity index (χ0v) is 22.7. The zero-order chi connectivity index (χ0) is 27.7. The van der Waals surface area contributed by atoms with Gasteiger partial charge in [0.2, 0.25) is 8.32 Å². The van der Waals surface area contributed by atoms with Crippen molar-refractivity contribution in [2.75, 3.05) is 5.06 Å². The molecule has 13 heteroatoms. The van der Waals surface area contributed by atoms with Crippen LogP contribution in [0, 0.1) is 0 Å². The number of alkyl halides is 3. The summed E-state index contributed by atoms with van der Waals surface area (Å²) < 4.78 is 49.4. The van der Waals surface area contributed by atoms with Crippen molar-refractivity contribution in [3.05, 3.63) is 41.6 Å². The summed E-state index contributed by atoms with van der Waals surface area (Å²) in [6.45, 7) is 12.6. The first-order valence-electron chi connectivity index (χ1n) is 12.1. The van der Waals surface area contributed by atoms with Crippen molar-refractivity contribution < 1.29 is 37.1 Å². The summed E-state index contributed by atoms with van der Waals surface area (Å²) in [4.78, 5) is 24.8. The van der Waals surface area contributed by atoms with Gasteiger partial charge in [0, 0.05) is 18.2 Å². The molecule has 0 spiro atoms. The molecule has 2 heterocycles. The minimum absolute atomic E-state index is 0.0955. The average molecular weight is 543 g/mol. The fraction of sp³-hybridized carbons (Fsp3) is 0.542. The number of carbonyl (C=O) groups excluding carboxylic acids is 1. The molecule has 1 aromatic heterocycles. The highest BCUT2D eigenvalue weighted by molar-refractivity contribution is 6.77. The van der Waals surface area contributed by atoms with Crippen LogP contribution in [0.3, 0.4) is 0 Å². The Hall–Kier alpha value is -3.06. The van der Waals surface area contributed by atoms with Crippen LogP contribution >= 0.6 is 0 Å². The van der Waals surface area contributed by atoms with E-state index in [9.17, 15) is 27.9 Å². The Kier molecular flexibility index (Phi) is 8.27. The molecule has 1 aliphatic rings. The average Bonchev–Trinajstić information content (AvgIpc) is 3.15. The Balaban J connectivity index is 1.96.